The maximum atomic E-state index is 5.79. The highest BCUT2D eigenvalue weighted by atomic mass is 35.5. The van der Waals surface area contributed by atoms with Crippen LogP contribution in [0.15, 0.2) is 55.0 Å². The molecule has 3 heterocycles. The average molecular weight is 272 g/mol. The molecule has 0 aliphatic rings. The molecule has 0 unspecified atom stereocenters. The van der Waals surface area contributed by atoms with Crippen LogP contribution >= 0.6 is 11.6 Å². The van der Waals surface area contributed by atoms with E-state index in [0.29, 0.717) is 16.7 Å². The predicted molar refractivity (Wildman–Crippen MR) is 73.9 cm³/mol. The Morgan fingerprint density at radius 3 is 2.74 bits per heavy atom. The third-order valence-electron chi connectivity index (χ3n) is 2.46. The molecular weight excluding hydrogens is 262 g/mol. The zero-order valence-corrected chi connectivity index (χ0v) is 10.6. The first-order valence-electron chi connectivity index (χ1n) is 5.67. The fraction of sp³-hybridized carbons (Fsp3) is 0. The number of aromatic nitrogens is 4. The van der Waals surface area contributed by atoms with Gasteiger partial charge in [-0.05, 0) is 30.3 Å². The van der Waals surface area contributed by atoms with Crippen LogP contribution < -0.4 is 5.32 Å². The number of nitrogens with one attached hydrogen (secondary N) is 1. The van der Waals surface area contributed by atoms with Gasteiger partial charge in [0.05, 0.1) is 5.02 Å². The zero-order chi connectivity index (χ0) is 13.1. The molecule has 3 aromatic heterocycles. The lowest BCUT2D eigenvalue weighted by Crippen LogP contribution is -2.01. The van der Waals surface area contributed by atoms with Crippen molar-refractivity contribution in [3.05, 3.63) is 60.0 Å². The minimum atomic E-state index is 0.601. The van der Waals surface area contributed by atoms with Crippen molar-refractivity contribution in [2.75, 3.05) is 5.32 Å². The number of pyridine rings is 2. The molecule has 0 aromatic carbocycles. The van der Waals surface area contributed by atoms with Crippen molar-refractivity contribution in [1.29, 1.82) is 0 Å². The van der Waals surface area contributed by atoms with Crippen molar-refractivity contribution in [3.8, 4) is 5.82 Å². The lowest BCUT2D eigenvalue weighted by Gasteiger charge is -2.06. The van der Waals surface area contributed by atoms with Crippen LogP contribution in [0.25, 0.3) is 5.82 Å². The third kappa shape index (κ3) is 2.71. The highest BCUT2D eigenvalue weighted by Crippen LogP contribution is 2.15. The van der Waals surface area contributed by atoms with E-state index in [1.807, 2.05) is 30.5 Å². The van der Waals surface area contributed by atoms with Crippen molar-refractivity contribution in [3.63, 3.8) is 0 Å². The van der Waals surface area contributed by atoms with Gasteiger partial charge in [0, 0.05) is 18.6 Å². The van der Waals surface area contributed by atoms with Crippen molar-refractivity contribution < 1.29 is 0 Å². The summed E-state index contributed by atoms with van der Waals surface area (Å²) in [7, 11) is 0. The summed E-state index contributed by atoms with van der Waals surface area (Å²) < 4.78 is 1.69. The fourth-order valence-corrected chi connectivity index (χ4v) is 1.72. The lowest BCUT2D eigenvalue weighted by molar-refractivity contribution is 0.848. The Bertz CT molecular complexity index is 664. The second kappa shape index (κ2) is 5.07. The van der Waals surface area contributed by atoms with E-state index in [1.165, 1.54) is 0 Å². The fourth-order valence-electron chi connectivity index (χ4n) is 1.61. The molecular formula is C13H10ClN5. The van der Waals surface area contributed by atoms with Gasteiger partial charge in [0.2, 0.25) is 0 Å². The molecule has 0 aliphatic carbocycles. The molecule has 5 nitrogen and oxygen atoms in total. The summed E-state index contributed by atoms with van der Waals surface area (Å²) in [6, 6.07) is 11.1. The Kier molecular flexibility index (Phi) is 3.12. The Morgan fingerprint density at radius 2 is 2.00 bits per heavy atom. The van der Waals surface area contributed by atoms with Gasteiger partial charge in [0.15, 0.2) is 5.82 Å². The molecule has 6 heteroatoms. The molecule has 0 bridgehead atoms. The van der Waals surface area contributed by atoms with E-state index in [9.17, 15) is 0 Å². The normalized spacial score (nSPS) is 10.4. The second-order valence-corrected chi connectivity index (χ2v) is 4.25. The second-order valence-electron chi connectivity index (χ2n) is 3.82. The van der Waals surface area contributed by atoms with E-state index >= 15 is 0 Å². The van der Waals surface area contributed by atoms with Gasteiger partial charge in [0.1, 0.15) is 11.6 Å². The summed E-state index contributed by atoms with van der Waals surface area (Å²) in [6.07, 6.45) is 5.14. The number of hydrogen-bond donors (Lipinski definition) is 1. The number of halogens is 1. The average Bonchev–Trinajstić information content (AvgIpc) is 2.96. The van der Waals surface area contributed by atoms with Crippen LogP contribution in [0.4, 0.5) is 11.6 Å². The minimum Gasteiger partial charge on any atom is -0.325 e. The number of nitrogens with zero attached hydrogens (tertiary/aromatic N) is 4. The first-order valence-corrected chi connectivity index (χ1v) is 6.05. The number of rotatable bonds is 3. The van der Waals surface area contributed by atoms with Crippen molar-refractivity contribution in [2.45, 2.75) is 0 Å². The third-order valence-corrected chi connectivity index (χ3v) is 2.68. The summed E-state index contributed by atoms with van der Waals surface area (Å²) in [5.74, 6) is 2.13. The minimum absolute atomic E-state index is 0.601. The molecule has 0 amide bonds. The van der Waals surface area contributed by atoms with E-state index in [0.717, 1.165) is 5.82 Å². The van der Waals surface area contributed by atoms with Gasteiger partial charge in [-0.3, -0.25) is 0 Å². The molecule has 3 rings (SSSR count). The van der Waals surface area contributed by atoms with E-state index < -0.39 is 0 Å². The van der Waals surface area contributed by atoms with Gasteiger partial charge < -0.3 is 5.32 Å². The molecule has 0 aliphatic heterocycles. The van der Waals surface area contributed by atoms with Gasteiger partial charge in [-0.1, -0.05) is 17.7 Å². The highest BCUT2D eigenvalue weighted by Gasteiger charge is 2.01. The molecule has 0 saturated carbocycles. The van der Waals surface area contributed by atoms with E-state index in [1.54, 1.807) is 29.2 Å². The predicted octanol–water partition coefficient (Wildman–Crippen LogP) is 3.06. The van der Waals surface area contributed by atoms with Crippen LogP contribution in [0, 0.1) is 0 Å². The van der Waals surface area contributed by atoms with Crippen LogP contribution in [0.3, 0.4) is 0 Å². The van der Waals surface area contributed by atoms with Crippen LogP contribution in [-0.4, -0.2) is 19.7 Å². The first kappa shape index (κ1) is 11.7. The molecule has 0 fully saturated rings. The van der Waals surface area contributed by atoms with Crippen LogP contribution in [0.1, 0.15) is 0 Å². The highest BCUT2D eigenvalue weighted by molar-refractivity contribution is 6.30. The molecule has 1 N–H and O–H groups in total. The Morgan fingerprint density at radius 1 is 1.05 bits per heavy atom. The van der Waals surface area contributed by atoms with Crippen molar-refractivity contribution in [1.82, 2.24) is 19.7 Å². The quantitative estimate of drug-likeness (QED) is 0.795. The van der Waals surface area contributed by atoms with Crippen molar-refractivity contribution in [2.24, 2.45) is 0 Å². The van der Waals surface area contributed by atoms with Gasteiger partial charge >= 0.3 is 0 Å². The van der Waals surface area contributed by atoms with Gasteiger partial charge in [-0.2, -0.15) is 5.10 Å². The van der Waals surface area contributed by atoms with Crippen LogP contribution in [0.5, 0.6) is 0 Å². The summed E-state index contributed by atoms with van der Waals surface area (Å²) in [5.41, 5.74) is 0. The van der Waals surface area contributed by atoms with Gasteiger partial charge in [-0.25, -0.2) is 14.6 Å². The first-order chi connectivity index (χ1) is 9.31. The molecule has 0 atom stereocenters. The Balaban J connectivity index is 1.85. The molecule has 0 saturated heterocycles. The molecule has 0 radical (unpaired) electrons. The number of hydrogen-bond acceptors (Lipinski definition) is 4. The monoisotopic (exact) mass is 271 g/mol. The van der Waals surface area contributed by atoms with Crippen LogP contribution in [0.2, 0.25) is 5.02 Å². The largest absolute Gasteiger partial charge is 0.325 e. The van der Waals surface area contributed by atoms with Gasteiger partial charge in [0.25, 0.3) is 0 Å². The summed E-state index contributed by atoms with van der Waals surface area (Å²) in [4.78, 5) is 8.61. The Hall–Kier alpha value is -2.40. The standard InChI is InChI=1S/C13H10ClN5/c14-10-5-6-11(15-9-10)17-12-3-1-4-13(18-12)19-8-2-7-16-19/h1-9H,(H,15,17,18). The van der Waals surface area contributed by atoms with Crippen molar-refractivity contribution >= 4 is 23.2 Å². The molecule has 0 spiro atoms. The van der Waals surface area contributed by atoms with E-state index in [-0.39, 0.29) is 0 Å². The molecule has 19 heavy (non-hydrogen) atoms. The lowest BCUT2D eigenvalue weighted by atomic mass is 10.4. The zero-order valence-electron chi connectivity index (χ0n) is 9.86. The molecule has 3 aromatic rings. The van der Waals surface area contributed by atoms with Gasteiger partial charge in [-0.15, -0.1) is 0 Å². The number of anilines is 2. The Labute approximate surface area is 114 Å². The smallest absolute Gasteiger partial charge is 0.155 e. The topological polar surface area (TPSA) is 55.6 Å². The SMILES string of the molecule is Clc1ccc(Nc2cccc(-n3cccn3)n2)nc1. The summed E-state index contributed by atoms with van der Waals surface area (Å²) >= 11 is 5.79. The maximum Gasteiger partial charge on any atom is 0.155 e. The summed E-state index contributed by atoms with van der Waals surface area (Å²) in [6.45, 7) is 0. The maximum absolute atomic E-state index is 5.79. The molecule has 94 valence electrons. The van der Waals surface area contributed by atoms with E-state index in [2.05, 4.69) is 20.4 Å². The van der Waals surface area contributed by atoms with Crippen LogP contribution in [-0.2, 0) is 0 Å². The summed E-state index contributed by atoms with van der Waals surface area (Å²) in [5, 5.41) is 7.85. The van der Waals surface area contributed by atoms with E-state index in [4.69, 9.17) is 11.6 Å².